The number of benzene rings is 2. The number of hydrogen-bond acceptors (Lipinski definition) is 7. The number of rotatable bonds is 7. The zero-order valence-electron chi connectivity index (χ0n) is 16.3. The number of amides is 2. The lowest BCUT2D eigenvalue weighted by atomic mass is 10.1. The lowest BCUT2D eigenvalue weighted by molar-refractivity contribution is -0.123. The minimum absolute atomic E-state index is 0.174. The summed E-state index contributed by atoms with van der Waals surface area (Å²) in [4.78, 5) is 24.2. The van der Waals surface area contributed by atoms with Gasteiger partial charge in [0.25, 0.3) is 11.8 Å². The molecule has 2 N–H and O–H groups in total. The number of thiocarbonyl (C=S) groups is 1. The molecular weight excluding hydrogens is 422 g/mol. The van der Waals surface area contributed by atoms with Gasteiger partial charge in [0.1, 0.15) is 15.8 Å². The molecule has 1 aliphatic rings. The minimum atomic E-state index is -0.374. The van der Waals surface area contributed by atoms with Gasteiger partial charge in [0, 0.05) is 0 Å². The molecule has 1 heterocycles. The summed E-state index contributed by atoms with van der Waals surface area (Å²) in [6.07, 6.45) is 1.74. The van der Waals surface area contributed by atoms with Crippen LogP contribution < -0.4 is 20.2 Å². The molecule has 1 aliphatic heterocycles. The van der Waals surface area contributed by atoms with E-state index in [4.69, 9.17) is 21.7 Å². The molecular formula is C21H19N3O4S2. The van der Waals surface area contributed by atoms with E-state index in [-0.39, 0.29) is 18.4 Å². The number of carbonyl (C=O) groups is 2. The normalized spacial score (nSPS) is 15.1. The second-order valence-electron chi connectivity index (χ2n) is 6.17. The minimum Gasteiger partial charge on any atom is -0.497 e. The summed E-state index contributed by atoms with van der Waals surface area (Å²) < 4.78 is 11.0. The van der Waals surface area contributed by atoms with Gasteiger partial charge in [0.05, 0.1) is 17.7 Å². The van der Waals surface area contributed by atoms with Crippen LogP contribution in [0.25, 0.3) is 6.08 Å². The third-order valence-corrected chi connectivity index (χ3v) is 5.21. The van der Waals surface area contributed by atoms with Gasteiger partial charge in [-0.15, -0.1) is 0 Å². The van der Waals surface area contributed by atoms with Gasteiger partial charge in [-0.05, 0) is 60.5 Å². The first-order valence-electron chi connectivity index (χ1n) is 8.90. The molecule has 0 aliphatic carbocycles. The maximum atomic E-state index is 12.0. The molecule has 30 heavy (non-hydrogen) atoms. The number of methoxy groups -OCH3 is 1. The quantitative estimate of drug-likeness (QED) is 0.297. The summed E-state index contributed by atoms with van der Waals surface area (Å²) in [7, 11) is 1.60. The number of hydrogen-bond donors (Lipinski definition) is 2. The molecule has 0 aromatic heterocycles. The lowest BCUT2D eigenvalue weighted by Crippen LogP contribution is -2.25. The van der Waals surface area contributed by atoms with E-state index in [9.17, 15) is 9.59 Å². The first-order valence-corrected chi connectivity index (χ1v) is 10.1. The highest BCUT2D eigenvalue weighted by Crippen LogP contribution is 2.26. The standard InChI is InChI=1S/C21H19N3O4S2/c1-13(15-5-9-16(27-2)10-6-15)23-24-19(25)12-28-17-7-3-14(4-8-17)11-18-20(26)22-21(29)30-18/h3-11H,12H2,1-2H3,(H,24,25)(H,22,26,29)/b18-11-,23-13+. The third-order valence-electron chi connectivity index (χ3n) is 4.05. The third kappa shape index (κ3) is 5.91. The van der Waals surface area contributed by atoms with E-state index in [1.165, 1.54) is 11.8 Å². The van der Waals surface area contributed by atoms with E-state index in [2.05, 4.69) is 15.8 Å². The SMILES string of the molecule is COc1ccc(/C(C)=N/NC(=O)COc2ccc(/C=C3\SC(=S)NC3=O)cc2)cc1. The predicted molar refractivity (Wildman–Crippen MR) is 122 cm³/mol. The molecule has 2 aromatic rings. The molecule has 0 unspecified atom stereocenters. The Morgan fingerprint density at radius 2 is 1.83 bits per heavy atom. The predicted octanol–water partition coefficient (Wildman–Crippen LogP) is 3.10. The molecule has 0 bridgehead atoms. The molecule has 0 atom stereocenters. The van der Waals surface area contributed by atoms with Crippen LogP contribution in [0.1, 0.15) is 18.1 Å². The van der Waals surface area contributed by atoms with Crippen LogP contribution in [0.4, 0.5) is 0 Å². The van der Waals surface area contributed by atoms with Crippen molar-refractivity contribution in [3.05, 3.63) is 64.6 Å². The molecule has 0 radical (unpaired) electrons. The maximum absolute atomic E-state index is 12.0. The van der Waals surface area contributed by atoms with Crippen LogP contribution in [0.5, 0.6) is 11.5 Å². The number of carbonyl (C=O) groups excluding carboxylic acids is 2. The Bertz CT molecular complexity index is 1020. The first-order chi connectivity index (χ1) is 14.4. The largest absolute Gasteiger partial charge is 0.497 e. The monoisotopic (exact) mass is 441 g/mol. The Labute approximate surface area is 183 Å². The summed E-state index contributed by atoms with van der Waals surface area (Å²) in [5.74, 6) is 0.705. The highest BCUT2D eigenvalue weighted by molar-refractivity contribution is 8.26. The molecule has 1 fully saturated rings. The van der Waals surface area contributed by atoms with Crippen molar-refractivity contribution in [2.45, 2.75) is 6.92 Å². The molecule has 9 heteroatoms. The Kier molecular flexibility index (Phi) is 7.21. The average Bonchev–Trinajstić information content (AvgIpc) is 3.08. The van der Waals surface area contributed by atoms with Crippen LogP contribution in [0, 0.1) is 0 Å². The molecule has 154 valence electrons. The van der Waals surface area contributed by atoms with Crippen LogP contribution in [0.2, 0.25) is 0 Å². The second kappa shape index (κ2) is 10.0. The van der Waals surface area contributed by atoms with Crippen molar-refractivity contribution in [2.75, 3.05) is 13.7 Å². The molecule has 7 nitrogen and oxygen atoms in total. The van der Waals surface area contributed by atoms with E-state index in [1.54, 1.807) is 44.4 Å². The van der Waals surface area contributed by atoms with Crippen LogP contribution in [-0.2, 0) is 9.59 Å². The fourth-order valence-corrected chi connectivity index (χ4v) is 3.50. The number of hydrazone groups is 1. The van der Waals surface area contributed by atoms with Gasteiger partial charge in [-0.25, -0.2) is 5.43 Å². The van der Waals surface area contributed by atoms with Gasteiger partial charge in [0.2, 0.25) is 0 Å². The van der Waals surface area contributed by atoms with Crippen molar-refractivity contribution in [1.29, 1.82) is 0 Å². The molecule has 0 saturated carbocycles. The fourth-order valence-electron chi connectivity index (χ4n) is 2.46. The molecule has 1 saturated heterocycles. The first kappa shape index (κ1) is 21.5. The second-order valence-corrected chi connectivity index (χ2v) is 7.89. The van der Waals surface area contributed by atoms with E-state index in [0.717, 1.165) is 16.9 Å². The van der Waals surface area contributed by atoms with E-state index >= 15 is 0 Å². The Balaban J connectivity index is 1.50. The van der Waals surface area contributed by atoms with Crippen molar-refractivity contribution >= 4 is 51.9 Å². The van der Waals surface area contributed by atoms with Crippen molar-refractivity contribution in [3.8, 4) is 11.5 Å². The van der Waals surface area contributed by atoms with Crippen molar-refractivity contribution in [3.63, 3.8) is 0 Å². The van der Waals surface area contributed by atoms with E-state index in [1.807, 2.05) is 24.3 Å². The van der Waals surface area contributed by atoms with Gasteiger partial charge in [-0.3, -0.25) is 9.59 Å². The Morgan fingerprint density at radius 1 is 1.17 bits per heavy atom. The maximum Gasteiger partial charge on any atom is 0.277 e. The van der Waals surface area contributed by atoms with Gasteiger partial charge < -0.3 is 14.8 Å². The van der Waals surface area contributed by atoms with Gasteiger partial charge >= 0.3 is 0 Å². The van der Waals surface area contributed by atoms with Crippen LogP contribution in [0.15, 0.2) is 58.5 Å². The van der Waals surface area contributed by atoms with Gasteiger partial charge in [-0.1, -0.05) is 36.1 Å². The van der Waals surface area contributed by atoms with Gasteiger partial charge in [-0.2, -0.15) is 5.10 Å². The highest BCUT2D eigenvalue weighted by Gasteiger charge is 2.21. The lowest BCUT2D eigenvalue weighted by Gasteiger charge is -2.07. The van der Waals surface area contributed by atoms with E-state index < -0.39 is 0 Å². The topological polar surface area (TPSA) is 89.0 Å². The van der Waals surface area contributed by atoms with Crippen molar-refractivity contribution in [1.82, 2.24) is 10.7 Å². The van der Waals surface area contributed by atoms with Gasteiger partial charge in [0.15, 0.2) is 6.61 Å². The smallest absolute Gasteiger partial charge is 0.277 e. The Morgan fingerprint density at radius 3 is 2.43 bits per heavy atom. The van der Waals surface area contributed by atoms with Crippen LogP contribution in [-0.4, -0.2) is 35.6 Å². The number of ether oxygens (including phenoxy) is 2. The summed E-state index contributed by atoms with van der Waals surface area (Å²) in [6, 6.07) is 14.4. The molecule has 0 spiro atoms. The Hall–Kier alpha value is -3.17. The summed E-state index contributed by atoms with van der Waals surface area (Å²) in [6.45, 7) is 1.62. The number of nitrogens with zero attached hydrogens (tertiary/aromatic N) is 1. The molecule has 3 rings (SSSR count). The fraction of sp³-hybridized carbons (Fsp3) is 0.143. The van der Waals surface area contributed by atoms with Crippen LogP contribution in [0.3, 0.4) is 0 Å². The number of thioether (sulfide) groups is 1. The molecule has 2 aromatic carbocycles. The van der Waals surface area contributed by atoms with Crippen molar-refractivity contribution < 1.29 is 19.1 Å². The van der Waals surface area contributed by atoms with Crippen LogP contribution >= 0.6 is 24.0 Å². The van der Waals surface area contributed by atoms with E-state index in [0.29, 0.717) is 20.7 Å². The average molecular weight is 442 g/mol. The zero-order valence-corrected chi connectivity index (χ0v) is 17.9. The highest BCUT2D eigenvalue weighted by atomic mass is 32.2. The summed E-state index contributed by atoms with van der Waals surface area (Å²) in [5.41, 5.74) is 4.84. The molecule has 2 amide bonds. The number of nitrogens with one attached hydrogen (secondary N) is 2. The van der Waals surface area contributed by atoms with Crippen molar-refractivity contribution in [2.24, 2.45) is 5.10 Å². The summed E-state index contributed by atoms with van der Waals surface area (Å²) in [5, 5.41) is 6.65. The summed E-state index contributed by atoms with van der Waals surface area (Å²) >= 11 is 6.19. The zero-order chi connectivity index (χ0) is 21.5.